The van der Waals surface area contributed by atoms with Crippen molar-refractivity contribution in [3.63, 3.8) is 0 Å². The number of ether oxygens (including phenoxy) is 2. The lowest BCUT2D eigenvalue weighted by Gasteiger charge is -2.04. The van der Waals surface area contributed by atoms with E-state index in [-0.39, 0.29) is 0 Å². The highest BCUT2D eigenvalue weighted by molar-refractivity contribution is 14.1. The number of unbranched alkanes of at least 4 members (excludes halogenated alkanes) is 3. The van der Waals surface area contributed by atoms with Crippen LogP contribution in [0.1, 0.15) is 32.6 Å². The van der Waals surface area contributed by atoms with Crippen LogP contribution in [-0.2, 0) is 9.47 Å². The van der Waals surface area contributed by atoms with Crippen LogP contribution in [0.4, 0.5) is 0 Å². The van der Waals surface area contributed by atoms with Gasteiger partial charge < -0.3 is 9.47 Å². The third kappa shape index (κ3) is 12.6. The Hall–Kier alpha value is 0.650. The number of hydrogen-bond donors (Lipinski definition) is 0. The van der Waals surface area contributed by atoms with Crippen molar-refractivity contribution >= 4 is 22.6 Å². The molecule has 13 heavy (non-hydrogen) atoms. The van der Waals surface area contributed by atoms with Crippen LogP contribution < -0.4 is 0 Å². The lowest BCUT2D eigenvalue weighted by molar-refractivity contribution is 0.0528. The van der Waals surface area contributed by atoms with Crippen LogP contribution in [0.3, 0.4) is 0 Å². The molecular formula is C10H21IO2. The molecule has 0 amide bonds. The van der Waals surface area contributed by atoms with Crippen LogP contribution in [0, 0.1) is 0 Å². The van der Waals surface area contributed by atoms with Gasteiger partial charge in [0.05, 0.1) is 19.8 Å². The predicted molar refractivity (Wildman–Crippen MR) is 64.7 cm³/mol. The molecule has 0 unspecified atom stereocenters. The quantitative estimate of drug-likeness (QED) is 0.351. The van der Waals surface area contributed by atoms with Crippen LogP contribution in [0.5, 0.6) is 0 Å². The summed E-state index contributed by atoms with van der Waals surface area (Å²) >= 11 is 2.31. The van der Waals surface area contributed by atoms with Gasteiger partial charge in [0, 0.05) is 11.0 Å². The van der Waals surface area contributed by atoms with Gasteiger partial charge >= 0.3 is 0 Å². The fraction of sp³-hybridized carbons (Fsp3) is 1.00. The lowest BCUT2D eigenvalue weighted by atomic mass is 10.2. The molecule has 3 heteroatoms. The molecule has 0 heterocycles. The van der Waals surface area contributed by atoms with Crippen molar-refractivity contribution < 1.29 is 9.47 Å². The molecule has 0 rings (SSSR count). The molecule has 0 aliphatic carbocycles. The van der Waals surface area contributed by atoms with Gasteiger partial charge in [0.2, 0.25) is 0 Å². The van der Waals surface area contributed by atoms with Crippen molar-refractivity contribution in [1.82, 2.24) is 0 Å². The highest BCUT2D eigenvalue weighted by Crippen LogP contribution is 1.98. The fourth-order valence-corrected chi connectivity index (χ4v) is 1.32. The third-order valence-electron chi connectivity index (χ3n) is 1.74. The number of rotatable bonds is 10. The van der Waals surface area contributed by atoms with Crippen LogP contribution in [0.2, 0.25) is 0 Å². The number of alkyl halides is 1. The average Bonchev–Trinajstić information content (AvgIpc) is 2.16. The smallest absolute Gasteiger partial charge is 0.0700 e. The Labute approximate surface area is 95.5 Å². The molecule has 0 aliphatic heterocycles. The Balaban J connectivity index is 2.76. The van der Waals surface area contributed by atoms with Crippen molar-refractivity contribution in [3.05, 3.63) is 0 Å². The Bertz CT molecular complexity index is 79.0. The van der Waals surface area contributed by atoms with Gasteiger partial charge in [-0.2, -0.15) is 0 Å². The van der Waals surface area contributed by atoms with Gasteiger partial charge in [-0.05, 0) is 6.42 Å². The predicted octanol–water partition coefficient (Wildman–Crippen LogP) is 3.03. The minimum Gasteiger partial charge on any atom is -0.379 e. The standard InChI is InChI=1S/C10H21IO2/c1-2-3-4-5-7-12-9-10-13-8-6-11/h2-10H2,1H3. The van der Waals surface area contributed by atoms with Gasteiger partial charge in [-0.1, -0.05) is 48.8 Å². The summed E-state index contributed by atoms with van der Waals surface area (Å²) in [5.41, 5.74) is 0. The molecule has 0 fully saturated rings. The van der Waals surface area contributed by atoms with Gasteiger partial charge in [-0.25, -0.2) is 0 Å². The van der Waals surface area contributed by atoms with E-state index in [0.717, 1.165) is 30.9 Å². The van der Waals surface area contributed by atoms with Gasteiger partial charge in [-0.3, -0.25) is 0 Å². The molecule has 0 aromatic heterocycles. The maximum absolute atomic E-state index is 5.40. The molecule has 0 aliphatic rings. The summed E-state index contributed by atoms with van der Waals surface area (Å²) in [6.07, 6.45) is 5.11. The van der Waals surface area contributed by atoms with Gasteiger partial charge in [-0.15, -0.1) is 0 Å². The van der Waals surface area contributed by atoms with Gasteiger partial charge in [0.25, 0.3) is 0 Å². The Morgan fingerprint density at radius 2 is 1.54 bits per heavy atom. The molecule has 0 N–H and O–H groups in total. The Morgan fingerprint density at radius 1 is 0.846 bits per heavy atom. The van der Waals surface area contributed by atoms with E-state index in [0.29, 0.717) is 0 Å². The second kappa shape index (κ2) is 12.7. The van der Waals surface area contributed by atoms with Crippen LogP contribution in [-0.4, -0.2) is 30.9 Å². The van der Waals surface area contributed by atoms with E-state index in [4.69, 9.17) is 9.47 Å². The van der Waals surface area contributed by atoms with E-state index in [9.17, 15) is 0 Å². The monoisotopic (exact) mass is 300 g/mol. The zero-order valence-electron chi connectivity index (χ0n) is 8.56. The topological polar surface area (TPSA) is 18.5 Å². The van der Waals surface area contributed by atoms with Crippen molar-refractivity contribution in [2.75, 3.05) is 30.9 Å². The molecule has 2 nitrogen and oxygen atoms in total. The number of hydrogen-bond acceptors (Lipinski definition) is 2. The molecule has 80 valence electrons. The molecule has 0 saturated heterocycles. The van der Waals surface area contributed by atoms with Crippen LogP contribution in [0.25, 0.3) is 0 Å². The maximum Gasteiger partial charge on any atom is 0.0700 e. The summed E-state index contributed by atoms with van der Waals surface area (Å²) in [6, 6.07) is 0. The second-order valence-electron chi connectivity index (χ2n) is 2.97. The molecular weight excluding hydrogens is 279 g/mol. The lowest BCUT2D eigenvalue weighted by Crippen LogP contribution is -2.06. The summed E-state index contributed by atoms with van der Waals surface area (Å²) < 4.78 is 11.7. The summed E-state index contributed by atoms with van der Waals surface area (Å²) in [4.78, 5) is 0. The summed E-state index contributed by atoms with van der Waals surface area (Å²) in [5, 5.41) is 0. The Morgan fingerprint density at radius 3 is 2.15 bits per heavy atom. The summed E-state index contributed by atoms with van der Waals surface area (Å²) in [5.74, 6) is 0. The molecule has 0 atom stereocenters. The second-order valence-corrected chi connectivity index (χ2v) is 4.05. The normalized spacial score (nSPS) is 10.6. The van der Waals surface area contributed by atoms with Crippen molar-refractivity contribution in [1.29, 1.82) is 0 Å². The van der Waals surface area contributed by atoms with Gasteiger partial charge in [0.1, 0.15) is 0 Å². The molecule has 0 aromatic rings. The highest BCUT2D eigenvalue weighted by Gasteiger charge is 1.90. The SMILES string of the molecule is CCCCCCOCCOCCI. The summed E-state index contributed by atoms with van der Waals surface area (Å²) in [7, 11) is 0. The zero-order chi connectivity index (χ0) is 9.78. The molecule has 0 radical (unpaired) electrons. The molecule has 0 aromatic carbocycles. The van der Waals surface area contributed by atoms with Gasteiger partial charge in [0.15, 0.2) is 0 Å². The average molecular weight is 300 g/mol. The van der Waals surface area contributed by atoms with E-state index < -0.39 is 0 Å². The first-order chi connectivity index (χ1) is 6.41. The highest BCUT2D eigenvalue weighted by atomic mass is 127. The van der Waals surface area contributed by atoms with E-state index in [1.165, 1.54) is 25.7 Å². The molecule has 0 spiro atoms. The minimum atomic E-state index is 0.747. The first-order valence-electron chi connectivity index (χ1n) is 5.13. The first-order valence-corrected chi connectivity index (χ1v) is 6.65. The largest absolute Gasteiger partial charge is 0.379 e. The maximum atomic E-state index is 5.40. The number of halogens is 1. The molecule has 0 saturated carbocycles. The third-order valence-corrected chi connectivity index (χ3v) is 2.18. The summed E-state index contributed by atoms with van der Waals surface area (Å²) in [6.45, 7) is 5.46. The first kappa shape index (κ1) is 13.7. The van der Waals surface area contributed by atoms with E-state index >= 15 is 0 Å². The van der Waals surface area contributed by atoms with Crippen molar-refractivity contribution in [2.24, 2.45) is 0 Å². The van der Waals surface area contributed by atoms with E-state index in [1.807, 2.05) is 0 Å². The van der Waals surface area contributed by atoms with Crippen molar-refractivity contribution in [2.45, 2.75) is 32.6 Å². The van der Waals surface area contributed by atoms with E-state index in [1.54, 1.807) is 0 Å². The minimum absolute atomic E-state index is 0.747. The Kier molecular flexibility index (Phi) is 13.3. The molecule has 0 bridgehead atoms. The zero-order valence-corrected chi connectivity index (χ0v) is 10.7. The van der Waals surface area contributed by atoms with E-state index in [2.05, 4.69) is 29.5 Å². The van der Waals surface area contributed by atoms with Crippen LogP contribution in [0.15, 0.2) is 0 Å². The fourth-order valence-electron chi connectivity index (χ4n) is 1.01. The van der Waals surface area contributed by atoms with Crippen molar-refractivity contribution in [3.8, 4) is 0 Å². The van der Waals surface area contributed by atoms with Crippen LogP contribution >= 0.6 is 22.6 Å².